The molecule has 0 heterocycles. The van der Waals surface area contributed by atoms with Gasteiger partial charge in [-0.15, -0.1) is 0 Å². The third-order valence-electron chi connectivity index (χ3n) is 4.72. The Morgan fingerprint density at radius 3 is 1.65 bits per heavy atom. The van der Waals surface area contributed by atoms with Crippen LogP contribution in [0.4, 0.5) is 0 Å². The topological polar surface area (TPSA) is 36.9 Å². The highest BCUT2D eigenvalue weighted by Crippen LogP contribution is 2.39. The van der Waals surface area contributed by atoms with Gasteiger partial charge in [-0.2, -0.15) is 9.78 Å². The second-order valence-corrected chi connectivity index (χ2v) is 9.97. The fraction of sp³-hybridized carbons (Fsp3) is 1.00. The van der Waals surface area contributed by atoms with Crippen LogP contribution in [0.5, 0.6) is 0 Å². The van der Waals surface area contributed by atoms with Gasteiger partial charge in [-0.1, -0.05) is 51.9 Å². The fourth-order valence-corrected chi connectivity index (χ4v) is 3.20. The maximum absolute atomic E-state index is 5.80. The molecule has 156 valence electrons. The smallest absolute Gasteiger partial charge is 0.228 e. The molecule has 0 radical (unpaired) electrons. The maximum Gasteiger partial charge on any atom is 0.234 e. The molecule has 4 heteroatoms. The highest BCUT2D eigenvalue weighted by Gasteiger charge is 2.42. The van der Waals surface area contributed by atoms with E-state index in [0.29, 0.717) is 0 Å². The molecule has 0 bridgehead atoms. The standard InChI is InChI=1S/C22H44O4/c1-8-9-10-11-12-13-14-19-15-17-22(18-16-19,25-23-20(2,3)4)26-24-21(5,6)7/h19H,8-18H2,1-7H3. The van der Waals surface area contributed by atoms with Crippen molar-refractivity contribution in [3.8, 4) is 0 Å². The van der Waals surface area contributed by atoms with Crippen LogP contribution in [0.25, 0.3) is 0 Å². The van der Waals surface area contributed by atoms with E-state index in [2.05, 4.69) is 6.92 Å². The van der Waals surface area contributed by atoms with E-state index >= 15 is 0 Å². The van der Waals surface area contributed by atoms with Crippen LogP contribution in [0.15, 0.2) is 0 Å². The average molecular weight is 373 g/mol. The number of hydrogen-bond donors (Lipinski definition) is 0. The Hall–Kier alpha value is -0.160. The molecule has 1 aliphatic rings. The summed E-state index contributed by atoms with van der Waals surface area (Å²) in [6.45, 7) is 14.2. The molecule has 0 spiro atoms. The number of hydrogen-bond acceptors (Lipinski definition) is 4. The molecule has 0 aromatic rings. The highest BCUT2D eigenvalue weighted by atomic mass is 17.3. The minimum absolute atomic E-state index is 0.368. The molecule has 1 fully saturated rings. The van der Waals surface area contributed by atoms with E-state index in [1.54, 1.807) is 0 Å². The molecule has 0 aromatic heterocycles. The average Bonchev–Trinajstić information content (AvgIpc) is 2.55. The van der Waals surface area contributed by atoms with Gasteiger partial charge < -0.3 is 0 Å². The van der Waals surface area contributed by atoms with E-state index in [1.807, 2.05) is 41.5 Å². The molecule has 0 N–H and O–H groups in total. The molecule has 0 aliphatic heterocycles. The van der Waals surface area contributed by atoms with Gasteiger partial charge in [0.15, 0.2) is 0 Å². The van der Waals surface area contributed by atoms with Gasteiger partial charge in [-0.05, 0) is 60.3 Å². The van der Waals surface area contributed by atoms with Crippen LogP contribution in [0, 0.1) is 5.92 Å². The molecule has 4 nitrogen and oxygen atoms in total. The Morgan fingerprint density at radius 1 is 0.731 bits per heavy atom. The fourth-order valence-electron chi connectivity index (χ4n) is 3.20. The van der Waals surface area contributed by atoms with Gasteiger partial charge in [0.1, 0.15) is 0 Å². The van der Waals surface area contributed by atoms with Gasteiger partial charge in [0, 0.05) is 12.8 Å². The van der Waals surface area contributed by atoms with E-state index < -0.39 is 5.79 Å². The Balaban J connectivity index is 2.42. The zero-order valence-electron chi connectivity index (χ0n) is 18.5. The van der Waals surface area contributed by atoms with Crippen LogP contribution in [0.3, 0.4) is 0 Å². The van der Waals surface area contributed by atoms with Crippen molar-refractivity contribution < 1.29 is 19.6 Å². The highest BCUT2D eigenvalue weighted by molar-refractivity contribution is 4.79. The first-order chi connectivity index (χ1) is 12.1. The van der Waals surface area contributed by atoms with Crippen LogP contribution in [-0.2, 0) is 19.6 Å². The zero-order chi connectivity index (χ0) is 19.7. The van der Waals surface area contributed by atoms with Crippen molar-refractivity contribution in [3.05, 3.63) is 0 Å². The molecule has 0 aromatic carbocycles. The SMILES string of the molecule is CCCCCCCCC1CCC(OOC(C)(C)C)(OOC(C)(C)C)CC1. The van der Waals surface area contributed by atoms with E-state index in [9.17, 15) is 0 Å². The van der Waals surface area contributed by atoms with Crippen LogP contribution < -0.4 is 0 Å². The maximum atomic E-state index is 5.80. The lowest BCUT2D eigenvalue weighted by Gasteiger charge is -2.39. The van der Waals surface area contributed by atoms with Crippen LogP contribution in [-0.4, -0.2) is 17.0 Å². The van der Waals surface area contributed by atoms with Crippen molar-refractivity contribution in [3.63, 3.8) is 0 Å². The van der Waals surface area contributed by atoms with Gasteiger partial charge in [-0.3, -0.25) is 0 Å². The Labute approximate surface area is 162 Å². The van der Waals surface area contributed by atoms with Gasteiger partial charge >= 0.3 is 0 Å². The summed E-state index contributed by atoms with van der Waals surface area (Å²) in [6.07, 6.45) is 13.4. The van der Waals surface area contributed by atoms with Crippen molar-refractivity contribution in [1.29, 1.82) is 0 Å². The lowest BCUT2D eigenvalue weighted by Crippen LogP contribution is -2.43. The molecule has 1 aliphatic carbocycles. The van der Waals surface area contributed by atoms with E-state index in [4.69, 9.17) is 19.6 Å². The van der Waals surface area contributed by atoms with Crippen molar-refractivity contribution >= 4 is 0 Å². The van der Waals surface area contributed by atoms with Gasteiger partial charge in [0.2, 0.25) is 5.79 Å². The summed E-state index contributed by atoms with van der Waals surface area (Å²) in [5, 5.41) is 0. The summed E-state index contributed by atoms with van der Waals surface area (Å²) in [4.78, 5) is 22.8. The Morgan fingerprint density at radius 2 is 1.19 bits per heavy atom. The molecule has 0 atom stereocenters. The zero-order valence-corrected chi connectivity index (χ0v) is 18.5. The molecule has 26 heavy (non-hydrogen) atoms. The van der Waals surface area contributed by atoms with E-state index in [0.717, 1.165) is 31.6 Å². The van der Waals surface area contributed by atoms with Crippen molar-refractivity contribution in [2.45, 2.75) is 136 Å². The first-order valence-electron chi connectivity index (χ1n) is 10.8. The second-order valence-electron chi connectivity index (χ2n) is 9.97. The molecule has 0 unspecified atom stereocenters. The lowest BCUT2D eigenvalue weighted by atomic mass is 9.82. The summed E-state index contributed by atoms with van der Waals surface area (Å²) >= 11 is 0. The molecule has 1 saturated carbocycles. The summed E-state index contributed by atoms with van der Waals surface area (Å²) in [7, 11) is 0. The van der Waals surface area contributed by atoms with Gasteiger partial charge in [0.05, 0.1) is 11.2 Å². The number of rotatable bonds is 11. The largest absolute Gasteiger partial charge is 0.234 e. The Bertz CT molecular complexity index is 339. The van der Waals surface area contributed by atoms with Crippen molar-refractivity contribution in [2.75, 3.05) is 0 Å². The normalized spacial score (nSPS) is 19.0. The summed E-state index contributed by atoms with van der Waals surface area (Å²) < 4.78 is 0. The van der Waals surface area contributed by atoms with Crippen molar-refractivity contribution in [1.82, 2.24) is 0 Å². The molecule has 0 amide bonds. The minimum atomic E-state index is -0.780. The minimum Gasteiger partial charge on any atom is -0.228 e. The monoisotopic (exact) mass is 372 g/mol. The molecular formula is C22H44O4. The summed E-state index contributed by atoms with van der Waals surface area (Å²) in [5.41, 5.74) is -0.735. The lowest BCUT2D eigenvalue weighted by molar-refractivity contribution is -0.546. The second kappa shape index (κ2) is 11.0. The van der Waals surface area contributed by atoms with Gasteiger partial charge in [-0.25, -0.2) is 9.78 Å². The van der Waals surface area contributed by atoms with E-state index in [-0.39, 0.29) is 11.2 Å². The molecular weight excluding hydrogens is 328 g/mol. The molecule has 1 rings (SSSR count). The van der Waals surface area contributed by atoms with Crippen LogP contribution in [0.2, 0.25) is 0 Å². The first-order valence-corrected chi connectivity index (χ1v) is 10.8. The van der Waals surface area contributed by atoms with Crippen molar-refractivity contribution in [2.24, 2.45) is 5.92 Å². The predicted molar refractivity (Wildman–Crippen MR) is 107 cm³/mol. The Kier molecular flexibility index (Phi) is 10.1. The van der Waals surface area contributed by atoms with Gasteiger partial charge in [0.25, 0.3) is 0 Å². The van der Waals surface area contributed by atoms with E-state index in [1.165, 1.54) is 44.9 Å². The summed E-state index contributed by atoms with van der Waals surface area (Å²) in [5.74, 6) is -0.0103. The quantitative estimate of drug-likeness (QED) is 0.167. The summed E-state index contributed by atoms with van der Waals surface area (Å²) in [6, 6.07) is 0. The van der Waals surface area contributed by atoms with Crippen LogP contribution in [0.1, 0.15) is 119 Å². The molecule has 0 saturated heterocycles. The first kappa shape index (κ1) is 23.9. The third-order valence-corrected chi connectivity index (χ3v) is 4.72. The number of unbranched alkanes of at least 4 members (excludes halogenated alkanes) is 5. The van der Waals surface area contributed by atoms with Crippen LogP contribution >= 0.6 is 0 Å². The third kappa shape index (κ3) is 10.9. The predicted octanol–water partition coefficient (Wildman–Crippen LogP) is 7.12.